The van der Waals surface area contributed by atoms with E-state index in [4.69, 9.17) is 19.1 Å². The summed E-state index contributed by atoms with van der Waals surface area (Å²) in [5.41, 5.74) is 8.78. The van der Waals surface area contributed by atoms with Crippen LogP contribution in [-0.4, -0.2) is 54.4 Å². The maximum Gasteiger partial charge on any atom is 0.298 e. The number of benzene rings is 3. The predicted octanol–water partition coefficient (Wildman–Crippen LogP) is 8.05. The first-order valence-electron chi connectivity index (χ1n) is 15.5. The summed E-state index contributed by atoms with van der Waals surface area (Å²) in [5, 5.41) is 3.93. The Morgan fingerprint density at radius 1 is 0.619 bits per heavy atom. The standard InChI is InChI=1S/C35H48N4O3/c1-10-37(11-2)35-36-32-20-26(9)31(23-33(32)40-35)34(29-21-27(18-16-24(29)7)41-38(12-3)13-4)30-22-28(19-17-25(30)8)42-39(14-5)15-6/h16-23,34H,10-15H2,1-9H3. The van der Waals surface area contributed by atoms with Gasteiger partial charge in [0.1, 0.15) is 17.0 Å². The van der Waals surface area contributed by atoms with Crippen LogP contribution in [-0.2, 0) is 0 Å². The summed E-state index contributed by atoms with van der Waals surface area (Å²) in [6.45, 7) is 24.1. The van der Waals surface area contributed by atoms with E-state index in [9.17, 15) is 0 Å². The van der Waals surface area contributed by atoms with Gasteiger partial charge in [-0.1, -0.05) is 12.1 Å². The highest BCUT2D eigenvalue weighted by molar-refractivity contribution is 5.78. The quantitative estimate of drug-likeness (QED) is 0.112. The molecular formula is C35H48N4O3. The molecule has 0 radical (unpaired) electrons. The fourth-order valence-electron chi connectivity index (χ4n) is 5.50. The molecule has 42 heavy (non-hydrogen) atoms. The zero-order valence-electron chi connectivity index (χ0n) is 27.0. The largest absolute Gasteiger partial charge is 0.423 e. The monoisotopic (exact) mass is 572 g/mol. The first kappa shape index (κ1) is 31.4. The summed E-state index contributed by atoms with van der Waals surface area (Å²) < 4.78 is 6.35. The zero-order valence-corrected chi connectivity index (χ0v) is 27.0. The number of oxazole rings is 1. The van der Waals surface area contributed by atoms with Gasteiger partial charge in [0.2, 0.25) is 0 Å². The number of nitrogens with zero attached hydrogens (tertiary/aromatic N) is 4. The smallest absolute Gasteiger partial charge is 0.298 e. The normalized spacial score (nSPS) is 11.7. The second-order valence-corrected chi connectivity index (χ2v) is 10.7. The molecule has 0 aliphatic carbocycles. The van der Waals surface area contributed by atoms with Crippen LogP contribution < -0.4 is 14.6 Å². The third-order valence-electron chi connectivity index (χ3n) is 8.11. The Labute approximate surface area is 251 Å². The van der Waals surface area contributed by atoms with E-state index in [1.165, 1.54) is 27.8 Å². The van der Waals surface area contributed by atoms with Gasteiger partial charge in [0.25, 0.3) is 6.01 Å². The molecule has 1 heterocycles. The van der Waals surface area contributed by atoms with E-state index in [1.54, 1.807) is 0 Å². The van der Waals surface area contributed by atoms with Crippen LogP contribution in [0, 0.1) is 20.8 Å². The lowest BCUT2D eigenvalue weighted by molar-refractivity contribution is -0.0487. The third kappa shape index (κ3) is 6.74. The fourth-order valence-corrected chi connectivity index (χ4v) is 5.50. The number of hydroxylamine groups is 4. The second kappa shape index (κ2) is 14.1. The van der Waals surface area contributed by atoms with E-state index >= 15 is 0 Å². The Kier molecular flexibility index (Phi) is 10.5. The minimum Gasteiger partial charge on any atom is -0.423 e. The molecule has 1 aromatic heterocycles. The summed E-state index contributed by atoms with van der Waals surface area (Å²) >= 11 is 0. The van der Waals surface area contributed by atoms with Gasteiger partial charge < -0.3 is 19.0 Å². The lowest BCUT2D eigenvalue weighted by Crippen LogP contribution is -2.27. The van der Waals surface area contributed by atoms with E-state index in [0.717, 1.165) is 67.4 Å². The maximum atomic E-state index is 6.35. The van der Waals surface area contributed by atoms with Gasteiger partial charge in [-0.3, -0.25) is 0 Å². The minimum atomic E-state index is -0.0723. The molecule has 226 valence electrons. The van der Waals surface area contributed by atoms with Crippen LogP contribution in [0.1, 0.15) is 80.8 Å². The molecule has 0 saturated carbocycles. The van der Waals surface area contributed by atoms with E-state index in [2.05, 4.69) is 116 Å². The van der Waals surface area contributed by atoms with E-state index in [0.29, 0.717) is 6.01 Å². The Balaban J connectivity index is 1.93. The molecule has 0 atom stereocenters. The number of fused-ring (bicyclic) bond motifs is 1. The molecule has 0 fully saturated rings. The van der Waals surface area contributed by atoms with Crippen LogP contribution in [0.4, 0.5) is 6.01 Å². The first-order valence-corrected chi connectivity index (χ1v) is 15.5. The van der Waals surface area contributed by atoms with Crippen LogP contribution in [0.15, 0.2) is 52.9 Å². The van der Waals surface area contributed by atoms with Crippen molar-refractivity contribution in [3.8, 4) is 11.5 Å². The molecule has 0 spiro atoms. The Bertz CT molecular complexity index is 1410. The van der Waals surface area contributed by atoms with Gasteiger partial charge in [0.05, 0.1) is 0 Å². The highest BCUT2D eigenvalue weighted by Gasteiger charge is 2.26. The SMILES string of the molecule is CCN(CC)Oc1ccc(C)c(C(c2cc(ON(CC)CC)ccc2C)c2cc3oc(N(CC)CC)nc3cc2C)c1. The molecule has 0 aliphatic rings. The number of anilines is 1. The molecule has 0 unspecified atom stereocenters. The van der Waals surface area contributed by atoms with Crippen molar-refractivity contribution in [2.45, 2.75) is 68.2 Å². The summed E-state index contributed by atoms with van der Waals surface area (Å²) in [6.07, 6.45) is 0. The number of hydrogen-bond donors (Lipinski definition) is 0. The van der Waals surface area contributed by atoms with Gasteiger partial charge in [-0.15, -0.1) is 10.1 Å². The first-order chi connectivity index (χ1) is 20.3. The van der Waals surface area contributed by atoms with E-state index in [1.807, 2.05) is 10.1 Å². The predicted molar refractivity (Wildman–Crippen MR) is 173 cm³/mol. The van der Waals surface area contributed by atoms with Crippen molar-refractivity contribution in [2.24, 2.45) is 0 Å². The van der Waals surface area contributed by atoms with Gasteiger partial charge in [-0.05, 0) is 132 Å². The number of aromatic nitrogens is 1. The number of aryl methyl sites for hydroxylation is 3. The molecule has 0 amide bonds. The van der Waals surface area contributed by atoms with Crippen molar-refractivity contribution in [3.05, 3.63) is 81.9 Å². The van der Waals surface area contributed by atoms with E-state index < -0.39 is 0 Å². The summed E-state index contributed by atoms with van der Waals surface area (Å²) in [7, 11) is 0. The highest BCUT2D eigenvalue weighted by Crippen LogP contribution is 2.41. The number of rotatable bonds is 14. The molecule has 4 rings (SSSR count). The zero-order chi connectivity index (χ0) is 30.4. The maximum absolute atomic E-state index is 6.35. The van der Waals surface area contributed by atoms with Crippen LogP contribution in [0.5, 0.6) is 11.5 Å². The van der Waals surface area contributed by atoms with E-state index in [-0.39, 0.29) is 5.92 Å². The van der Waals surface area contributed by atoms with Crippen molar-refractivity contribution in [1.29, 1.82) is 0 Å². The van der Waals surface area contributed by atoms with Gasteiger partial charge >= 0.3 is 0 Å². The van der Waals surface area contributed by atoms with Crippen molar-refractivity contribution < 1.29 is 14.1 Å². The Morgan fingerprint density at radius 3 is 1.55 bits per heavy atom. The van der Waals surface area contributed by atoms with Gasteiger partial charge in [0.15, 0.2) is 5.58 Å². The topological polar surface area (TPSA) is 54.2 Å². The molecule has 7 nitrogen and oxygen atoms in total. The van der Waals surface area contributed by atoms with Crippen LogP contribution in [0.25, 0.3) is 11.1 Å². The second-order valence-electron chi connectivity index (χ2n) is 10.7. The van der Waals surface area contributed by atoms with Gasteiger partial charge in [0, 0.05) is 45.2 Å². The minimum absolute atomic E-state index is 0.0723. The average molecular weight is 573 g/mol. The van der Waals surface area contributed by atoms with Gasteiger partial charge in [-0.2, -0.15) is 4.98 Å². The molecule has 0 saturated heterocycles. The molecule has 7 heteroatoms. The molecule has 4 aromatic rings. The molecule has 3 aromatic carbocycles. The van der Waals surface area contributed by atoms with Crippen LogP contribution in [0.3, 0.4) is 0 Å². The lowest BCUT2D eigenvalue weighted by Gasteiger charge is -2.27. The van der Waals surface area contributed by atoms with Crippen molar-refractivity contribution in [3.63, 3.8) is 0 Å². The van der Waals surface area contributed by atoms with Crippen molar-refractivity contribution in [2.75, 3.05) is 44.2 Å². The highest BCUT2D eigenvalue weighted by atomic mass is 16.7. The van der Waals surface area contributed by atoms with Crippen molar-refractivity contribution >= 4 is 17.1 Å². The fraction of sp³-hybridized carbons (Fsp3) is 0.457. The number of hydrogen-bond acceptors (Lipinski definition) is 7. The average Bonchev–Trinajstić information content (AvgIpc) is 3.40. The molecule has 0 bridgehead atoms. The van der Waals surface area contributed by atoms with Crippen molar-refractivity contribution in [1.82, 2.24) is 15.1 Å². The molecular weight excluding hydrogens is 524 g/mol. The lowest BCUT2D eigenvalue weighted by atomic mass is 9.79. The third-order valence-corrected chi connectivity index (χ3v) is 8.11. The van der Waals surface area contributed by atoms with Crippen LogP contribution >= 0.6 is 0 Å². The Morgan fingerprint density at radius 2 is 1.10 bits per heavy atom. The molecule has 0 N–H and O–H groups in total. The summed E-state index contributed by atoms with van der Waals surface area (Å²) in [4.78, 5) is 19.6. The van der Waals surface area contributed by atoms with Gasteiger partial charge in [-0.25, -0.2) is 0 Å². The molecule has 0 aliphatic heterocycles. The summed E-state index contributed by atoms with van der Waals surface area (Å²) in [6, 6.07) is 17.8. The summed E-state index contributed by atoms with van der Waals surface area (Å²) in [5.74, 6) is 1.59. The Hall–Kier alpha value is -3.55. The van der Waals surface area contributed by atoms with Crippen LogP contribution in [0.2, 0.25) is 0 Å².